The Morgan fingerprint density at radius 3 is 2.77 bits per heavy atom. The Kier molecular flexibility index (Phi) is 7.46. The van der Waals surface area contributed by atoms with Crippen molar-refractivity contribution in [2.24, 2.45) is 5.92 Å². The highest BCUT2D eigenvalue weighted by molar-refractivity contribution is 6.63. The monoisotopic (exact) mass is 383 g/mol. The second-order valence-electron chi connectivity index (χ2n) is 6.37. The molecular weight excluding hydrogens is 360 g/mol. The molecule has 1 amide bonds. The molecule has 1 aromatic rings. The maximum absolute atomic E-state index is 12.6. The lowest BCUT2D eigenvalue weighted by Crippen LogP contribution is -2.45. The Labute approximate surface area is 158 Å². The second kappa shape index (κ2) is 9.37. The van der Waals surface area contributed by atoms with Crippen LogP contribution in [0, 0.1) is 12.8 Å². The summed E-state index contributed by atoms with van der Waals surface area (Å²) in [6.45, 7) is 6.06. The molecule has 2 rings (SSSR count). The van der Waals surface area contributed by atoms with E-state index in [-0.39, 0.29) is 12.7 Å². The smallest absolute Gasteiger partial charge is 0.480 e. The highest BCUT2D eigenvalue weighted by atomic mass is 35.5. The van der Waals surface area contributed by atoms with Crippen LogP contribution in [0.5, 0.6) is 0 Å². The highest BCUT2D eigenvalue weighted by Crippen LogP contribution is 2.18. The summed E-state index contributed by atoms with van der Waals surface area (Å²) in [4.78, 5) is 23.9. The summed E-state index contributed by atoms with van der Waals surface area (Å²) in [5, 5.41) is 11.8. The van der Waals surface area contributed by atoms with Crippen molar-refractivity contribution in [3.8, 4) is 0 Å². The van der Waals surface area contributed by atoms with Gasteiger partial charge in [0.15, 0.2) is 0 Å². The number of carbonyl (C=O) groups is 2. The fourth-order valence-electron chi connectivity index (χ4n) is 2.82. The van der Waals surface area contributed by atoms with Gasteiger partial charge in [-0.1, -0.05) is 19.9 Å². The van der Waals surface area contributed by atoms with Crippen LogP contribution >= 0.6 is 11.6 Å². The molecule has 1 atom stereocenters. The Hall–Kier alpha value is -1.61. The molecule has 0 fully saturated rings. The number of carboxylic acid groups (broad SMARTS) is 1. The van der Waals surface area contributed by atoms with E-state index in [1.54, 1.807) is 32.9 Å². The molecule has 1 aliphatic rings. The molecule has 0 unspecified atom stereocenters. The van der Waals surface area contributed by atoms with Crippen LogP contribution in [-0.4, -0.2) is 49.4 Å². The van der Waals surface area contributed by atoms with Crippen LogP contribution in [0.4, 0.5) is 0 Å². The molecule has 0 aromatic heterocycles. The number of ether oxygens (including phenoxy) is 1. The van der Waals surface area contributed by atoms with Crippen molar-refractivity contribution in [1.29, 1.82) is 0 Å². The Morgan fingerprint density at radius 2 is 2.15 bits per heavy atom. The van der Waals surface area contributed by atoms with Crippen molar-refractivity contribution in [1.82, 2.24) is 5.32 Å². The van der Waals surface area contributed by atoms with Gasteiger partial charge in [0.2, 0.25) is 0 Å². The number of aliphatic carboxylic acids is 1. The van der Waals surface area contributed by atoms with Crippen molar-refractivity contribution in [3.63, 3.8) is 0 Å². The molecule has 0 bridgehead atoms. The van der Waals surface area contributed by atoms with Gasteiger partial charge >= 0.3 is 13.1 Å². The van der Waals surface area contributed by atoms with E-state index in [0.29, 0.717) is 30.2 Å². The van der Waals surface area contributed by atoms with Gasteiger partial charge in [0.25, 0.3) is 5.91 Å². The van der Waals surface area contributed by atoms with Crippen molar-refractivity contribution < 1.29 is 28.7 Å². The molecule has 9 heteroatoms. The number of rotatable bonds is 9. The van der Waals surface area contributed by atoms with Gasteiger partial charge in [0.05, 0.1) is 13.2 Å². The van der Waals surface area contributed by atoms with Crippen LogP contribution < -0.4 is 10.8 Å². The molecule has 1 heterocycles. The molecule has 0 radical (unpaired) electrons. The standard InChI is InChI=1S/C17H23BClNO6/c1-10(2)15(17(22)23)20-16(21)13-5-4-12-8-25-18(14(12)11(13)3)26-9-24-7-6-19/h4-5,10,15H,6-9H2,1-3H3,(H,20,21)(H,22,23)/t15-/m0/s1. The summed E-state index contributed by atoms with van der Waals surface area (Å²) >= 11 is 5.55. The number of halogens is 1. The first kappa shape index (κ1) is 20.7. The van der Waals surface area contributed by atoms with Gasteiger partial charge in [-0.2, -0.15) is 0 Å². The minimum absolute atomic E-state index is 0.0289. The van der Waals surface area contributed by atoms with Crippen LogP contribution in [0.15, 0.2) is 12.1 Å². The summed E-state index contributed by atoms with van der Waals surface area (Å²) in [7, 11) is -0.631. The third kappa shape index (κ3) is 4.76. The largest absolute Gasteiger partial charge is 0.496 e. The SMILES string of the molecule is Cc1c(C(=O)N[C@H](C(=O)O)C(C)C)ccc2c1B(OCOCCCl)OC2. The maximum Gasteiger partial charge on any atom is 0.496 e. The zero-order chi connectivity index (χ0) is 19.3. The number of fused-ring (bicyclic) bond motifs is 1. The topological polar surface area (TPSA) is 94.1 Å². The van der Waals surface area contributed by atoms with E-state index in [9.17, 15) is 14.7 Å². The van der Waals surface area contributed by atoms with Crippen LogP contribution in [0.2, 0.25) is 0 Å². The summed E-state index contributed by atoms with van der Waals surface area (Å²) in [5.74, 6) is -1.36. The molecule has 1 aromatic carbocycles. The Morgan fingerprint density at radius 1 is 1.42 bits per heavy atom. The fourth-order valence-corrected chi connectivity index (χ4v) is 2.93. The van der Waals surface area contributed by atoms with Crippen LogP contribution in [0.1, 0.15) is 35.3 Å². The Bertz CT molecular complexity index is 669. The normalized spacial score (nSPS) is 14.4. The zero-order valence-corrected chi connectivity index (χ0v) is 15.8. The first-order valence-corrected chi connectivity index (χ1v) is 8.93. The fraction of sp³-hybridized carbons (Fsp3) is 0.529. The second-order valence-corrected chi connectivity index (χ2v) is 6.75. The van der Waals surface area contributed by atoms with Crippen LogP contribution in [0.3, 0.4) is 0 Å². The summed E-state index contributed by atoms with van der Waals surface area (Å²) in [6.07, 6.45) is 0. The summed E-state index contributed by atoms with van der Waals surface area (Å²) in [5.41, 5.74) is 2.81. The van der Waals surface area contributed by atoms with E-state index >= 15 is 0 Å². The summed E-state index contributed by atoms with van der Waals surface area (Å²) in [6, 6.07) is 2.52. The number of amides is 1. The van der Waals surface area contributed by atoms with Crippen molar-refractivity contribution in [3.05, 3.63) is 28.8 Å². The molecule has 2 N–H and O–H groups in total. The summed E-state index contributed by atoms with van der Waals surface area (Å²) < 4.78 is 16.4. The van der Waals surface area contributed by atoms with E-state index in [2.05, 4.69) is 5.32 Å². The van der Waals surface area contributed by atoms with Crippen molar-refractivity contribution in [2.45, 2.75) is 33.4 Å². The number of hydrogen-bond acceptors (Lipinski definition) is 5. The van der Waals surface area contributed by atoms with Gasteiger partial charge < -0.3 is 24.5 Å². The van der Waals surface area contributed by atoms with Gasteiger partial charge in [-0.15, -0.1) is 11.6 Å². The predicted octanol–water partition coefficient (Wildman–Crippen LogP) is 1.29. The minimum Gasteiger partial charge on any atom is -0.480 e. The number of nitrogens with one attached hydrogen (secondary N) is 1. The van der Waals surface area contributed by atoms with Crippen molar-refractivity contribution >= 4 is 36.1 Å². The zero-order valence-electron chi connectivity index (χ0n) is 15.1. The van der Waals surface area contributed by atoms with Gasteiger partial charge in [-0.3, -0.25) is 4.79 Å². The molecule has 0 saturated heterocycles. The minimum atomic E-state index is -1.06. The van der Waals surface area contributed by atoms with Gasteiger partial charge in [-0.25, -0.2) is 4.79 Å². The van der Waals surface area contributed by atoms with Gasteiger partial charge in [0, 0.05) is 11.4 Å². The molecule has 142 valence electrons. The lowest BCUT2D eigenvalue weighted by atomic mass is 9.74. The molecule has 26 heavy (non-hydrogen) atoms. The van der Waals surface area contributed by atoms with Crippen LogP contribution in [0.25, 0.3) is 0 Å². The number of carbonyl (C=O) groups excluding carboxylic acids is 1. The molecule has 1 aliphatic heterocycles. The predicted molar refractivity (Wildman–Crippen MR) is 97.7 cm³/mol. The third-order valence-electron chi connectivity index (χ3n) is 4.22. The number of carboxylic acids is 1. The number of hydrogen-bond donors (Lipinski definition) is 2. The molecular formula is C17H23BClNO6. The van der Waals surface area contributed by atoms with E-state index in [0.717, 1.165) is 11.0 Å². The lowest BCUT2D eigenvalue weighted by Gasteiger charge is -2.19. The third-order valence-corrected chi connectivity index (χ3v) is 4.37. The molecule has 0 saturated carbocycles. The molecule has 0 spiro atoms. The van der Waals surface area contributed by atoms with E-state index in [1.807, 2.05) is 0 Å². The average molecular weight is 384 g/mol. The molecule has 0 aliphatic carbocycles. The van der Waals surface area contributed by atoms with E-state index in [4.69, 9.17) is 25.6 Å². The number of alkyl halides is 1. The van der Waals surface area contributed by atoms with E-state index in [1.165, 1.54) is 0 Å². The first-order valence-electron chi connectivity index (χ1n) is 8.39. The highest BCUT2D eigenvalue weighted by Gasteiger charge is 2.34. The van der Waals surface area contributed by atoms with E-state index < -0.39 is 25.0 Å². The number of benzene rings is 1. The van der Waals surface area contributed by atoms with Crippen molar-refractivity contribution in [2.75, 3.05) is 19.3 Å². The first-order chi connectivity index (χ1) is 12.4. The maximum atomic E-state index is 12.6. The average Bonchev–Trinajstić information content (AvgIpc) is 3.00. The van der Waals surface area contributed by atoms with Gasteiger partial charge in [-0.05, 0) is 35.5 Å². The lowest BCUT2D eigenvalue weighted by molar-refractivity contribution is -0.140. The van der Waals surface area contributed by atoms with Crippen LogP contribution in [-0.2, 0) is 25.4 Å². The van der Waals surface area contributed by atoms with Gasteiger partial charge in [0.1, 0.15) is 12.8 Å². The molecule has 7 nitrogen and oxygen atoms in total. The quantitative estimate of drug-likeness (QED) is 0.289. The Balaban J connectivity index is 2.17.